The highest BCUT2D eigenvalue weighted by molar-refractivity contribution is 5.91. The smallest absolute Gasteiger partial charge is 0.373 e. The van der Waals surface area contributed by atoms with Gasteiger partial charge in [0, 0.05) is 26.2 Å². The quantitative estimate of drug-likeness (QED) is 0.797. The summed E-state index contributed by atoms with van der Waals surface area (Å²) in [5.74, 6) is 0.711. The zero-order valence-electron chi connectivity index (χ0n) is 12.9. The van der Waals surface area contributed by atoms with E-state index in [0.29, 0.717) is 31.2 Å². The van der Waals surface area contributed by atoms with E-state index in [4.69, 9.17) is 8.83 Å². The van der Waals surface area contributed by atoms with E-state index >= 15 is 0 Å². The highest BCUT2D eigenvalue weighted by atomic mass is 16.5. The van der Waals surface area contributed by atoms with E-state index in [1.165, 1.54) is 13.4 Å². The van der Waals surface area contributed by atoms with Crippen LogP contribution in [0.2, 0.25) is 0 Å². The third-order valence-corrected chi connectivity index (χ3v) is 3.82. The van der Waals surface area contributed by atoms with Gasteiger partial charge in [-0.15, -0.1) is 0 Å². The number of carbonyl (C=O) groups excluding carboxylic acids is 2. The van der Waals surface area contributed by atoms with Crippen molar-refractivity contribution in [1.29, 1.82) is 0 Å². The molecule has 0 unspecified atom stereocenters. The zero-order chi connectivity index (χ0) is 16.2. The minimum absolute atomic E-state index is 0.0828. The summed E-state index contributed by atoms with van der Waals surface area (Å²) < 4.78 is 15.2. The fraction of sp³-hybridized carbons (Fsp3) is 0.375. The van der Waals surface area contributed by atoms with Crippen LogP contribution in [0.4, 0.5) is 0 Å². The number of amides is 1. The van der Waals surface area contributed by atoms with E-state index in [-0.39, 0.29) is 11.7 Å². The van der Waals surface area contributed by atoms with Gasteiger partial charge in [0.15, 0.2) is 5.76 Å². The first-order chi connectivity index (χ1) is 11.2. The largest absolute Gasteiger partial charge is 0.463 e. The maximum absolute atomic E-state index is 12.2. The molecule has 2 aromatic rings. The summed E-state index contributed by atoms with van der Waals surface area (Å²) in [5.41, 5.74) is 0. The molecule has 0 aromatic carbocycles. The number of rotatable bonds is 4. The first kappa shape index (κ1) is 15.4. The molecule has 7 heteroatoms. The number of carbonyl (C=O) groups is 2. The van der Waals surface area contributed by atoms with Crippen molar-refractivity contribution in [3.63, 3.8) is 0 Å². The van der Waals surface area contributed by atoms with Crippen LogP contribution in [0.25, 0.3) is 0 Å². The molecule has 1 saturated heterocycles. The van der Waals surface area contributed by atoms with Crippen LogP contribution in [0, 0.1) is 0 Å². The van der Waals surface area contributed by atoms with Gasteiger partial charge in [-0.2, -0.15) is 0 Å². The van der Waals surface area contributed by atoms with Crippen molar-refractivity contribution in [2.45, 2.75) is 6.54 Å². The molecule has 122 valence electrons. The molecule has 2 aromatic heterocycles. The molecular weight excluding hydrogens is 300 g/mol. The number of furan rings is 2. The van der Waals surface area contributed by atoms with Crippen molar-refractivity contribution >= 4 is 11.9 Å². The van der Waals surface area contributed by atoms with Gasteiger partial charge in [0.05, 0.1) is 19.9 Å². The van der Waals surface area contributed by atoms with Crippen LogP contribution in [0.15, 0.2) is 39.4 Å². The molecule has 1 amide bonds. The van der Waals surface area contributed by atoms with Crippen molar-refractivity contribution in [3.8, 4) is 0 Å². The molecule has 1 aliphatic heterocycles. The van der Waals surface area contributed by atoms with Gasteiger partial charge >= 0.3 is 5.97 Å². The summed E-state index contributed by atoms with van der Waals surface area (Å²) in [6.45, 7) is 3.33. The Morgan fingerprint density at radius 1 is 1.13 bits per heavy atom. The van der Waals surface area contributed by atoms with Gasteiger partial charge < -0.3 is 18.5 Å². The maximum Gasteiger partial charge on any atom is 0.373 e. The van der Waals surface area contributed by atoms with E-state index < -0.39 is 5.97 Å². The van der Waals surface area contributed by atoms with Crippen LogP contribution < -0.4 is 0 Å². The van der Waals surface area contributed by atoms with E-state index in [2.05, 4.69) is 9.64 Å². The summed E-state index contributed by atoms with van der Waals surface area (Å²) in [6, 6.07) is 6.76. The number of methoxy groups -OCH3 is 1. The predicted octanol–water partition coefficient (Wildman–Crippen LogP) is 1.62. The third kappa shape index (κ3) is 3.45. The number of nitrogens with zero attached hydrogens (tertiary/aromatic N) is 2. The molecule has 7 nitrogen and oxygen atoms in total. The lowest BCUT2D eigenvalue weighted by molar-refractivity contribution is 0.0544. The Labute approximate surface area is 133 Å². The molecule has 1 fully saturated rings. The standard InChI is InChI=1S/C16H18N2O5/c1-21-16(20)14-5-4-12(23-14)11-17-6-8-18(9-7-17)15(19)13-3-2-10-22-13/h2-5,10H,6-9,11H2,1H3. The average Bonchev–Trinajstić information content (AvgIpc) is 3.26. The van der Waals surface area contributed by atoms with Crippen molar-refractivity contribution in [3.05, 3.63) is 47.8 Å². The Bertz CT molecular complexity index is 668. The number of esters is 1. The van der Waals surface area contributed by atoms with Gasteiger partial charge in [0.2, 0.25) is 5.76 Å². The third-order valence-electron chi connectivity index (χ3n) is 3.82. The molecule has 3 rings (SSSR count). The highest BCUT2D eigenvalue weighted by Crippen LogP contribution is 2.14. The fourth-order valence-electron chi connectivity index (χ4n) is 2.56. The average molecular weight is 318 g/mol. The molecule has 0 N–H and O–H groups in total. The van der Waals surface area contributed by atoms with Crippen molar-refractivity contribution in [1.82, 2.24) is 9.80 Å². The Morgan fingerprint density at radius 2 is 1.91 bits per heavy atom. The van der Waals surface area contributed by atoms with Crippen LogP contribution in [0.5, 0.6) is 0 Å². The van der Waals surface area contributed by atoms with Gasteiger partial charge in [-0.25, -0.2) is 4.79 Å². The first-order valence-corrected chi connectivity index (χ1v) is 7.39. The molecule has 0 aliphatic carbocycles. The molecule has 23 heavy (non-hydrogen) atoms. The lowest BCUT2D eigenvalue weighted by Crippen LogP contribution is -2.48. The van der Waals surface area contributed by atoms with Crippen molar-refractivity contribution < 1.29 is 23.2 Å². The molecule has 0 radical (unpaired) electrons. The summed E-state index contributed by atoms with van der Waals surface area (Å²) in [7, 11) is 1.32. The topological polar surface area (TPSA) is 76.1 Å². The molecule has 0 spiro atoms. The van der Waals surface area contributed by atoms with E-state index in [9.17, 15) is 9.59 Å². The number of hydrogen-bond acceptors (Lipinski definition) is 6. The summed E-state index contributed by atoms with van der Waals surface area (Å²) in [5, 5.41) is 0. The van der Waals surface area contributed by atoms with Crippen LogP contribution >= 0.6 is 0 Å². The van der Waals surface area contributed by atoms with Gasteiger partial charge in [-0.1, -0.05) is 0 Å². The van der Waals surface area contributed by atoms with Gasteiger partial charge in [-0.3, -0.25) is 9.69 Å². The number of hydrogen-bond donors (Lipinski definition) is 0. The first-order valence-electron chi connectivity index (χ1n) is 7.39. The van der Waals surface area contributed by atoms with Crippen molar-refractivity contribution in [2.24, 2.45) is 0 Å². The summed E-state index contributed by atoms with van der Waals surface area (Å²) >= 11 is 0. The predicted molar refractivity (Wildman–Crippen MR) is 79.9 cm³/mol. The normalized spacial score (nSPS) is 15.6. The number of ether oxygens (including phenoxy) is 1. The highest BCUT2D eigenvalue weighted by Gasteiger charge is 2.24. The molecular formula is C16H18N2O5. The molecule has 3 heterocycles. The lowest BCUT2D eigenvalue weighted by Gasteiger charge is -2.33. The molecule has 1 aliphatic rings. The van der Waals surface area contributed by atoms with Gasteiger partial charge in [0.25, 0.3) is 5.91 Å². The second-order valence-electron chi connectivity index (χ2n) is 5.30. The van der Waals surface area contributed by atoms with Crippen LogP contribution in [-0.4, -0.2) is 55.0 Å². The fourth-order valence-corrected chi connectivity index (χ4v) is 2.56. The van der Waals surface area contributed by atoms with Gasteiger partial charge in [0.1, 0.15) is 5.76 Å². The molecule has 0 bridgehead atoms. The second-order valence-corrected chi connectivity index (χ2v) is 5.30. The Balaban J connectivity index is 1.52. The van der Waals surface area contributed by atoms with Crippen LogP contribution in [-0.2, 0) is 11.3 Å². The lowest BCUT2D eigenvalue weighted by atomic mass is 10.2. The maximum atomic E-state index is 12.2. The zero-order valence-corrected chi connectivity index (χ0v) is 12.9. The SMILES string of the molecule is COC(=O)c1ccc(CN2CCN(C(=O)c3ccco3)CC2)o1. The Morgan fingerprint density at radius 3 is 2.57 bits per heavy atom. The van der Waals surface area contributed by atoms with E-state index in [1.54, 1.807) is 29.2 Å². The van der Waals surface area contributed by atoms with Crippen LogP contribution in [0.1, 0.15) is 26.9 Å². The summed E-state index contributed by atoms with van der Waals surface area (Å²) in [6.07, 6.45) is 1.50. The van der Waals surface area contributed by atoms with E-state index in [1.807, 2.05) is 0 Å². The van der Waals surface area contributed by atoms with Crippen LogP contribution in [0.3, 0.4) is 0 Å². The summed E-state index contributed by atoms with van der Waals surface area (Å²) in [4.78, 5) is 27.5. The number of piperazine rings is 1. The minimum atomic E-state index is -0.481. The van der Waals surface area contributed by atoms with E-state index in [0.717, 1.165) is 13.1 Å². The second kappa shape index (κ2) is 6.70. The molecule has 0 atom stereocenters. The monoisotopic (exact) mass is 318 g/mol. The van der Waals surface area contributed by atoms with Gasteiger partial charge in [-0.05, 0) is 24.3 Å². The molecule has 0 saturated carbocycles. The Hall–Kier alpha value is -2.54. The minimum Gasteiger partial charge on any atom is -0.463 e. The van der Waals surface area contributed by atoms with Crippen molar-refractivity contribution in [2.75, 3.05) is 33.3 Å². The Kier molecular flexibility index (Phi) is 4.47.